The molecule has 4 heterocycles. The summed E-state index contributed by atoms with van der Waals surface area (Å²) in [5, 5.41) is 7.51. The van der Waals surface area contributed by atoms with E-state index in [2.05, 4.69) is 81.3 Å². The number of imidazole rings is 2. The van der Waals surface area contributed by atoms with Gasteiger partial charge >= 0.3 is 12.2 Å². The van der Waals surface area contributed by atoms with Gasteiger partial charge in [0.2, 0.25) is 0 Å². The summed E-state index contributed by atoms with van der Waals surface area (Å²) in [6, 6.07) is 28.5. The second kappa shape index (κ2) is 18.1. The van der Waals surface area contributed by atoms with Gasteiger partial charge in [-0.1, -0.05) is 92.7 Å². The van der Waals surface area contributed by atoms with Gasteiger partial charge in [-0.2, -0.15) is 0 Å². The van der Waals surface area contributed by atoms with Gasteiger partial charge in [-0.25, -0.2) is 19.6 Å². The molecule has 5 atom stereocenters. The van der Waals surface area contributed by atoms with Gasteiger partial charge in [0.1, 0.15) is 17.7 Å². The van der Waals surface area contributed by atoms with E-state index in [1.807, 2.05) is 56.6 Å². The first-order chi connectivity index (χ1) is 29.6. The van der Waals surface area contributed by atoms with Crippen molar-refractivity contribution in [2.45, 2.75) is 56.5 Å². The van der Waals surface area contributed by atoms with Gasteiger partial charge in [-0.3, -0.25) is 9.59 Å². The molecule has 13 nitrogen and oxygen atoms in total. The van der Waals surface area contributed by atoms with Crippen LogP contribution in [-0.4, -0.2) is 81.3 Å². The summed E-state index contributed by atoms with van der Waals surface area (Å²) in [5.74, 6) is 1.76. The monoisotopic (exact) mass is 839 g/mol. The summed E-state index contributed by atoms with van der Waals surface area (Å²) >= 11 is 1.71. The number of aromatic nitrogens is 4. The molecule has 0 saturated carbocycles. The second-order valence-electron chi connectivity index (χ2n) is 15.8. The molecule has 2 saturated heterocycles. The molecule has 0 radical (unpaired) electrons. The minimum atomic E-state index is -0.881. The highest BCUT2D eigenvalue weighted by atomic mass is 32.2. The van der Waals surface area contributed by atoms with E-state index in [1.165, 1.54) is 14.2 Å². The zero-order chi connectivity index (χ0) is 42.6. The number of fused-ring (bicyclic) bond motifs is 1. The number of Topliss-reactive ketones (excluding diaryl/α,β-unsaturated/α-hetero) is 1. The number of benzene rings is 4. The Balaban J connectivity index is 0.943. The zero-order valence-corrected chi connectivity index (χ0v) is 35.3. The Bertz CT molecular complexity index is 2540. The van der Waals surface area contributed by atoms with Crippen molar-refractivity contribution in [2.24, 2.45) is 11.8 Å². The van der Waals surface area contributed by atoms with Gasteiger partial charge in [0, 0.05) is 18.0 Å². The standard InChI is InChI=1S/C47H49N7O6S/c1-27(2)39(52-46(57)59-3)41(55)35-20-22-61-42(35)44-49-25-36(51-44)29-14-12-28(13-15-29)31-16-17-33-24-34(19-18-32(33)23-31)37-26-48-43(50-37)38-11-8-21-54(38)45(56)40(53-47(58)60-4)30-9-6-5-7-10-30/h5-7,9-10,12-19,23-27,35,38-40,42H,8,11,20-22H2,1-4H3,(H,48,50)(H,49,51)(H,52,57)(H,53,58)/t35?,38-,39-,40+,42+/m0/s1. The summed E-state index contributed by atoms with van der Waals surface area (Å²) in [7, 11) is 2.58. The number of carbonyl (C=O) groups excluding carboxylic acids is 4. The maximum atomic E-state index is 13.9. The summed E-state index contributed by atoms with van der Waals surface area (Å²) in [6.07, 6.45) is 4.66. The topological polar surface area (TPSA) is 171 Å². The molecule has 2 aromatic heterocycles. The Morgan fingerprint density at radius 1 is 0.738 bits per heavy atom. The van der Waals surface area contributed by atoms with Crippen LogP contribution in [0.2, 0.25) is 0 Å². The summed E-state index contributed by atoms with van der Waals surface area (Å²) < 4.78 is 9.62. The Labute approximate surface area is 358 Å². The predicted octanol–water partition coefficient (Wildman–Crippen LogP) is 8.79. The zero-order valence-electron chi connectivity index (χ0n) is 34.5. The molecule has 0 aliphatic carbocycles. The summed E-state index contributed by atoms with van der Waals surface area (Å²) in [4.78, 5) is 70.0. The van der Waals surface area contributed by atoms with Crippen LogP contribution in [-0.2, 0) is 19.1 Å². The lowest BCUT2D eigenvalue weighted by molar-refractivity contribution is -0.134. The molecule has 3 amide bonds. The van der Waals surface area contributed by atoms with E-state index >= 15 is 0 Å². The molecule has 0 bridgehead atoms. The van der Waals surface area contributed by atoms with E-state index in [9.17, 15) is 19.2 Å². The fourth-order valence-electron chi connectivity index (χ4n) is 8.44. The fraction of sp³-hybridized carbons (Fsp3) is 0.319. The minimum Gasteiger partial charge on any atom is -0.453 e. The highest BCUT2D eigenvalue weighted by Crippen LogP contribution is 2.45. The molecule has 4 aromatic carbocycles. The number of ketones is 1. The van der Waals surface area contributed by atoms with Gasteiger partial charge in [-0.15, -0.1) is 11.8 Å². The molecule has 314 valence electrons. The molecule has 14 heteroatoms. The van der Waals surface area contributed by atoms with Crippen molar-refractivity contribution in [3.8, 4) is 33.6 Å². The number of nitrogens with zero attached hydrogens (tertiary/aromatic N) is 3. The number of methoxy groups -OCH3 is 2. The third-order valence-corrected chi connectivity index (χ3v) is 13.1. The molecule has 2 fully saturated rings. The lowest BCUT2D eigenvalue weighted by atomic mass is 9.87. The van der Waals surface area contributed by atoms with E-state index in [0.29, 0.717) is 17.9 Å². The van der Waals surface area contributed by atoms with Crippen LogP contribution in [0, 0.1) is 11.8 Å². The number of hydrogen-bond donors (Lipinski definition) is 4. The predicted molar refractivity (Wildman–Crippen MR) is 235 cm³/mol. The molecular formula is C47H49N7O6S. The van der Waals surface area contributed by atoms with Crippen molar-refractivity contribution in [1.29, 1.82) is 0 Å². The number of amides is 3. The Morgan fingerprint density at radius 2 is 1.34 bits per heavy atom. The smallest absolute Gasteiger partial charge is 0.407 e. The first-order valence-corrected chi connectivity index (χ1v) is 21.6. The largest absolute Gasteiger partial charge is 0.453 e. The normalized spacial score (nSPS) is 18.5. The number of aromatic amines is 2. The van der Waals surface area contributed by atoms with Crippen LogP contribution < -0.4 is 10.6 Å². The van der Waals surface area contributed by atoms with Crippen molar-refractivity contribution >= 4 is 46.4 Å². The minimum absolute atomic E-state index is 0.00595. The molecule has 2 aliphatic heterocycles. The lowest BCUT2D eigenvalue weighted by Gasteiger charge is -2.28. The number of nitrogens with one attached hydrogen (secondary N) is 4. The van der Waals surface area contributed by atoms with Crippen LogP contribution in [0.1, 0.15) is 67.7 Å². The third kappa shape index (κ3) is 8.76. The van der Waals surface area contributed by atoms with E-state index < -0.39 is 24.3 Å². The van der Waals surface area contributed by atoms with Crippen molar-refractivity contribution < 1.29 is 28.7 Å². The maximum absolute atomic E-state index is 13.9. The first-order valence-electron chi connectivity index (χ1n) is 20.6. The number of thioether (sulfide) groups is 1. The SMILES string of the molecule is COC(=O)N[C@H](C(=O)C1CCS[C@H]1c1ncc(-c2ccc(-c3ccc4cc(-c5cnc([C@@H]6CCCN6C(=O)[C@H](NC(=O)OC)c6ccccc6)[nH]5)ccc4c3)cc2)[nH]1)C(C)C. The van der Waals surface area contributed by atoms with E-state index in [-0.39, 0.29) is 34.8 Å². The van der Waals surface area contributed by atoms with Crippen LogP contribution in [0.25, 0.3) is 44.4 Å². The van der Waals surface area contributed by atoms with Crippen LogP contribution in [0.4, 0.5) is 9.59 Å². The maximum Gasteiger partial charge on any atom is 0.407 e. The molecular weight excluding hydrogens is 791 g/mol. The summed E-state index contributed by atoms with van der Waals surface area (Å²) in [6.45, 7) is 4.40. The van der Waals surface area contributed by atoms with Crippen LogP contribution >= 0.6 is 11.8 Å². The van der Waals surface area contributed by atoms with Crippen molar-refractivity contribution in [2.75, 3.05) is 26.5 Å². The van der Waals surface area contributed by atoms with E-state index in [0.717, 1.165) is 75.3 Å². The lowest BCUT2D eigenvalue weighted by Crippen LogP contribution is -2.47. The highest BCUT2D eigenvalue weighted by Gasteiger charge is 2.41. The summed E-state index contributed by atoms with van der Waals surface area (Å²) in [5.41, 5.74) is 6.55. The van der Waals surface area contributed by atoms with Gasteiger partial charge in [0.15, 0.2) is 5.78 Å². The number of H-pyrrole nitrogens is 2. The average molecular weight is 840 g/mol. The first kappa shape index (κ1) is 41.3. The third-order valence-electron chi connectivity index (χ3n) is 11.7. The Hall–Kier alpha value is -6.41. The number of ether oxygens (including phenoxy) is 2. The van der Waals surface area contributed by atoms with Gasteiger partial charge < -0.3 is 35.0 Å². The molecule has 1 unspecified atom stereocenters. The second-order valence-corrected chi connectivity index (χ2v) is 17.1. The molecule has 4 N–H and O–H groups in total. The highest BCUT2D eigenvalue weighted by molar-refractivity contribution is 7.99. The number of alkyl carbamates (subject to hydrolysis) is 2. The molecule has 0 spiro atoms. The Kier molecular flexibility index (Phi) is 12.2. The van der Waals surface area contributed by atoms with Crippen LogP contribution in [0.5, 0.6) is 0 Å². The van der Waals surface area contributed by atoms with Gasteiger partial charge in [0.25, 0.3) is 5.91 Å². The van der Waals surface area contributed by atoms with Crippen LogP contribution in [0.15, 0.2) is 103 Å². The molecule has 61 heavy (non-hydrogen) atoms. The number of carbonyl (C=O) groups is 4. The number of hydrogen-bond acceptors (Lipinski definition) is 9. The van der Waals surface area contributed by atoms with Crippen molar-refractivity contribution in [1.82, 2.24) is 35.5 Å². The molecule has 6 aromatic rings. The van der Waals surface area contributed by atoms with E-state index in [4.69, 9.17) is 19.4 Å². The van der Waals surface area contributed by atoms with Crippen LogP contribution in [0.3, 0.4) is 0 Å². The number of rotatable bonds is 12. The van der Waals surface area contributed by atoms with E-state index in [1.54, 1.807) is 16.7 Å². The Morgan fingerprint density at radius 3 is 2.05 bits per heavy atom. The number of likely N-dealkylation sites (tertiary alicyclic amines) is 1. The quantitative estimate of drug-likeness (QED) is 0.0940. The van der Waals surface area contributed by atoms with Crippen molar-refractivity contribution in [3.63, 3.8) is 0 Å². The van der Waals surface area contributed by atoms with Gasteiger partial charge in [0.05, 0.1) is 55.3 Å². The van der Waals surface area contributed by atoms with Crippen molar-refractivity contribution in [3.05, 3.63) is 121 Å². The molecule has 8 rings (SSSR count). The fourth-order valence-corrected chi connectivity index (χ4v) is 9.86. The molecule has 2 aliphatic rings. The van der Waals surface area contributed by atoms with Gasteiger partial charge in [-0.05, 0) is 76.1 Å². The average Bonchev–Trinajstić information content (AvgIpc) is 4.14.